The van der Waals surface area contributed by atoms with E-state index >= 15 is 0 Å². The van der Waals surface area contributed by atoms with E-state index in [-0.39, 0.29) is 22.8 Å². The fraction of sp³-hybridized carbons (Fsp3) is 0.406. The first-order valence-corrected chi connectivity index (χ1v) is 17.4. The maximum absolute atomic E-state index is 13.7. The number of nitrogens with two attached hydrogens (primary N) is 1. The lowest BCUT2D eigenvalue weighted by atomic mass is 10.1. The van der Waals surface area contributed by atoms with Gasteiger partial charge in [-0.3, -0.25) is 20.4 Å². The van der Waals surface area contributed by atoms with Crippen molar-refractivity contribution < 1.29 is 33.3 Å². The lowest BCUT2D eigenvalue weighted by molar-refractivity contribution is 0.0358. The summed E-state index contributed by atoms with van der Waals surface area (Å²) in [4.78, 5) is 51.4. The van der Waals surface area contributed by atoms with E-state index in [2.05, 4.69) is 20.6 Å². The van der Waals surface area contributed by atoms with Gasteiger partial charge in [0, 0.05) is 24.5 Å². The molecule has 0 unspecified atom stereocenters. The number of nitrogen functional groups attached to an aromatic ring is 1. The first-order chi connectivity index (χ1) is 23.2. The molecule has 0 saturated carbocycles. The highest BCUT2D eigenvalue weighted by Gasteiger charge is 2.25. The third-order valence-electron chi connectivity index (χ3n) is 7.69. The van der Waals surface area contributed by atoms with Gasteiger partial charge in [0.05, 0.1) is 72.8 Å². The number of hydrogen-bond acceptors (Lipinski definition) is 14. The van der Waals surface area contributed by atoms with Crippen LogP contribution in [-0.2, 0) is 20.6 Å². The molecule has 0 spiro atoms. The van der Waals surface area contributed by atoms with Crippen LogP contribution in [0, 0.1) is 6.92 Å². The van der Waals surface area contributed by atoms with Gasteiger partial charge >= 0.3 is 11.9 Å². The van der Waals surface area contributed by atoms with Gasteiger partial charge in [0.1, 0.15) is 16.1 Å². The highest BCUT2D eigenvalue weighted by Crippen LogP contribution is 2.37. The zero-order valence-corrected chi connectivity index (χ0v) is 29.1. The van der Waals surface area contributed by atoms with Crippen molar-refractivity contribution in [3.05, 3.63) is 51.0 Å². The molecule has 4 N–H and O–H groups in total. The van der Waals surface area contributed by atoms with Gasteiger partial charge in [0.2, 0.25) is 5.95 Å². The van der Waals surface area contributed by atoms with Gasteiger partial charge in [-0.05, 0) is 50.3 Å². The van der Waals surface area contributed by atoms with Crippen molar-refractivity contribution in [1.29, 1.82) is 0 Å². The van der Waals surface area contributed by atoms with Gasteiger partial charge in [-0.25, -0.2) is 24.2 Å². The number of ether oxygens (including phenoxy) is 4. The maximum atomic E-state index is 13.7. The van der Waals surface area contributed by atoms with E-state index in [0.29, 0.717) is 64.2 Å². The van der Waals surface area contributed by atoms with Crippen LogP contribution in [-0.4, -0.2) is 97.3 Å². The molecule has 1 amide bonds. The van der Waals surface area contributed by atoms with E-state index in [0.717, 1.165) is 31.1 Å². The Kier molecular flexibility index (Phi) is 11.4. The Morgan fingerprint density at radius 1 is 1.06 bits per heavy atom. The first-order valence-electron chi connectivity index (χ1n) is 15.4. The molecule has 4 aromatic rings. The number of benzene rings is 2. The average molecular weight is 698 g/mol. The minimum atomic E-state index is -0.566. The summed E-state index contributed by atoms with van der Waals surface area (Å²) in [6.07, 6.45) is 3.14. The zero-order valence-electron chi connectivity index (χ0n) is 27.5. The fourth-order valence-corrected chi connectivity index (χ4v) is 6.83. The second-order valence-electron chi connectivity index (χ2n) is 10.8. The number of esters is 2. The Balaban J connectivity index is 1.61. The summed E-state index contributed by atoms with van der Waals surface area (Å²) in [6, 6.07) is 6.34. The molecule has 1 fully saturated rings. The number of hydrogen-bond donors (Lipinski definition) is 3. The Morgan fingerprint density at radius 2 is 1.77 bits per heavy atom. The molecular weight excluding hydrogens is 659 g/mol. The van der Waals surface area contributed by atoms with Gasteiger partial charge < -0.3 is 24.7 Å². The fourth-order valence-electron chi connectivity index (χ4n) is 5.32. The molecule has 256 valence electrons. The van der Waals surface area contributed by atoms with Crippen molar-refractivity contribution in [2.24, 2.45) is 0 Å². The van der Waals surface area contributed by atoms with Crippen LogP contribution in [0.25, 0.3) is 11.0 Å². The first kappa shape index (κ1) is 34.9. The third kappa shape index (κ3) is 7.67. The zero-order chi connectivity index (χ0) is 34.4. The van der Waals surface area contributed by atoms with Crippen LogP contribution < -0.4 is 21.2 Å². The number of amides is 1. The summed E-state index contributed by atoms with van der Waals surface area (Å²) in [6.45, 7) is 8.05. The number of nitrogens with one attached hydrogen (secondary N) is 2. The van der Waals surface area contributed by atoms with Crippen LogP contribution in [0.3, 0.4) is 0 Å². The van der Waals surface area contributed by atoms with Crippen LogP contribution in [0.2, 0.25) is 0 Å². The lowest BCUT2D eigenvalue weighted by Gasteiger charge is -2.26. The Bertz CT molecular complexity index is 1820. The molecule has 1 aliphatic rings. The quantitative estimate of drug-likeness (QED) is 0.0774. The van der Waals surface area contributed by atoms with Gasteiger partial charge in [0.15, 0.2) is 0 Å². The van der Waals surface area contributed by atoms with E-state index in [9.17, 15) is 14.4 Å². The number of nitrogens with zero attached hydrogens (tertiary/aromatic N) is 4. The molecule has 3 heterocycles. The van der Waals surface area contributed by atoms with Crippen LogP contribution in [0.5, 0.6) is 5.75 Å². The molecule has 1 saturated heterocycles. The van der Waals surface area contributed by atoms with E-state index in [1.165, 1.54) is 43.4 Å². The van der Waals surface area contributed by atoms with Gasteiger partial charge in [0.25, 0.3) is 5.91 Å². The van der Waals surface area contributed by atoms with Crippen molar-refractivity contribution in [2.75, 3.05) is 76.4 Å². The standard InChI is InChI=1S/C32H39N7O7S2/c1-6-22-28(48-18(2)34-22)29(40)36-32-35-23-15-20(31(42)44-4)16-24(46-11-7-8-38-9-12-45-13-10-38)27(23)39(32)37-26-21(33)14-19(30(41)43-3)17-25(26)47-5/h14-17,37H,6-13,33H2,1-5H3,(H,35,36,40). The molecule has 0 bridgehead atoms. The number of imidazole rings is 1. The summed E-state index contributed by atoms with van der Waals surface area (Å²) in [5, 5.41) is 3.70. The SMILES string of the molecule is CCc1nc(C)sc1C(=O)Nc1nc2cc(C(=O)OC)cc(OCCCN3CCOCC3)c2n1Nc1c(N)cc(C(=O)OC)cc1SC. The molecule has 0 radical (unpaired) electrons. The van der Waals surface area contributed by atoms with Gasteiger partial charge in [-0.2, -0.15) is 0 Å². The Hall–Kier alpha value is -4.38. The molecule has 14 nitrogen and oxygen atoms in total. The average Bonchev–Trinajstić information content (AvgIpc) is 3.66. The second kappa shape index (κ2) is 15.7. The molecule has 16 heteroatoms. The molecule has 2 aromatic heterocycles. The summed E-state index contributed by atoms with van der Waals surface area (Å²) in [7, 11) is 2.60. The molecule has 1 aliphatic heterocycles. The molecule has 0 atom stereocenters. The van der Waals surface area contributed by atoms with Crippen LogP contribution in [0.1, 0.15) is 54.4 Å². The highest BCUT2D eigenvalue weighted by atomic mass is 32.2. The van der Waals surface area contributed by atoms with Crippen LogP contribution in [0.4, 0.5) is 17.3 Å². The number of anilines is 3. The normalized spacial score (nSPS) is 13.4. The van der Waals surface area contributed by atoms with E-state index in [1.807, 2.05) is 20.1 Å². The minimum absolute atomic E-state index is 0.117. The predicted molar refractivity (Wildman–Crippen MR) is 186 cm³/mol. The number of carbonyl (C=O) groups excluding carboxylic acids is 3. The van der Waals surface area contributed by atoms with Crippen molar-refractivity contribution in [3.63, 3.8) is 0 Å². The number of morpholine rings is 1. The molecule has 2 aromatic carbocycles. The smallest absolute Gasteiger partial charge is 0.338 e. The predicted octanol–water partition coefficient (Wildman–Crippen LogP) is 4.47. The number of thiazole rings is 1. The van der Waals surface area contributed by atoms with Crippen molar-refractivity contribution in [2.45, 2.75) is 31.6 Å². The number of aromatic nitrogens is 3. The Morgan fingerprint density at radius 3 is 2.44 bits per heavy atom. The molecule has 48 heavy (non-hydrogen) atoms. The van der Waals surface area contributed by atoms with Crippen LogP contribution in [0.15, 0.2) is 29.2 Å². The number of aryl methyl sites for hydroxylation is 2. The van der Waals surface area contributed by atoms with Crippen molar-refractivity contribution in [1.82, 2.24) is 19.5 Å². The van der Waals surface area contributed by atoms with Crippen LogP contribution >= 0.6 is 23.1 Å². The van der Waals surface area contributed by atoms with Crippen molar-refractivity contribution >= 4 is 69.3 Å². The summed E-state index contributed by atoms with van der Waals surface area (Å²) < 4.78 is 23.3. The Labute approximate surface area is 286 Å². The topological polar surface area (TPSA) is 172 Å². The summed E-state index contributed by atoms with van der Waals surface area (Å²) >= 11 is 2.65. The van der Waals surface area contributed by atoms with Crippen molar-refractivity contribution in [3.8, 4) is 5.75 Å². The number of methoxy groups -OCH3 is 2. The van der Waals surface area contributed by atoms with Gasteiger partial charge in [-0.15, -0.1) is 23.1 Å². The number of thioether (sulfide) groups is 1. The summed E-state index contributed by atoms with van der Waals surface area (Å²) in [5.41, 5.74) is 12.5. The van der Waals surface area contributed by atoms with E-state index in [4.69, 9.17) is 29.7 Å². The monoisotopic (exact) mass is 697 g/mol. The second-order valence-corrected chi connectivity index (χ2v) is 12.9. The van der Waals surface area contributed by atoms with Gasteiger partial charge in [-0.1, -0.05) is 6.92 Å². The highest BCUT2D eigenvalue weighted by molar-refractivity contribution is 7.98. The number of rotatable bonds is 13. The molecule has 5 rings (SSSR count). The van der Waals surface area contributed by atoms with E-state index in [1.54, 1.807) is 22.9 Å². The number of fused-ring (bicyclic) bond motifs is 1. The minimum Gasteiger partial charge on any atom is -0.491 e. The third-order valence-corrected chi connectivity index (χ3v) is 9.46. The number of carbonyl (C=O) groups is 3. The molecular formula is C32H39N7O7S2. The summed E-state index contributed by atoms with van der Waals surface area (Å²) in [5.74, 6) is -1.03. The largest absolute Gasteiger partial charge is 0.491 e. The molecule has 0 aliphatic carbocycles. The van der Waals surface area contributed by atoms with E-state index < -0.39 is 17.8 Å². The lowest BCUT2D eigenvalue weighted by Crippen LogP contribution is -2.37. The maximum Gasteiger partial charge on any atom is 0.338 e.